The van der Waals surface area contributed by atoms with Crippen molar-refractivity contribution in [2.24, 2.45) is 0 Å². The Kier molecular flexibility index (Phi) is 6.31. The van der Waals surface area contributed by atoms with Crippen molar-refractivity contribution in [1.29, 1.82) is 0 Å². The number of hydrogen-bond acceptors (Lipinski definition) is 3. The number of carbonyl (C=O) groups is 2. The van der Waals surface area contributed by atoms with E-state index in [0.29, 0.717) is 19.6 Å². The van der Waals surface area contributed by atoms with Gasteiger partial charge in [0, 0.05) is 38.4 Å². The molecule has 0 saturated carbocycles. The molecule has 2 amide bonds. The van der Waals surface area contributed by atoms with Gasteiger partial charge in [0.15, 0.2) is 0 Å². The number of amides is 2. The second kappa shape index (κ2) is 8.88. The van der Waals surface area contributed by atoms with Gasteiger partial charge < -0.3 is 15.1 Å². The van der Waals surface area contributed by atoms with Crippen molar-refractivity contribution in [1.82, 2.24) is 10.2 Å². The van der Waals surface area contributed by atoms with Crippen molar-refractivity contribution >= 4 is 17.5 Å². The fourth-order valence-corrected chi connectivity index (χ4v) is 3.68. The van der Waals surface area contributed by atoms with Crippen LogP contribution < -0.4 is 10.2 Å². The van der Waals surface area contributed by atoms with Crippen LogP contribution in [0.5, 0.6) is 0 Å². The summed E-state index contributed by atoms with van der Waals surface area (Å²) in [6.45, 7) is 5.33. The molecule has 5 heteroatoms. The summed E-state index contributed by atoms with van der Waals surface area (Å²) in [6, 6.07) is 8.38. The molecule has 3 rings (SSSR count). The monoisotopic (exact) mass is 355 g/mol. The van der Waals surface area contributed by atoms with Gasteiger partial charge in [-0.3, -0.25) is 9.59 Å². The highest BCUT2D eigenvalue weighted by Gasteiger charge is 2.25. The molecule has 0 radical (unpaired) electrons. The summed E-state index contributed by atoms with van der Waals surface area (Å²) in [6.07, 6.45) is 7.92. The van der Waals surface area contributed by atoms with Gasteiger partial charge >= 0.3 is 11.8 Å². The summed E-state index contributed by atoms with van der Waals surface area (Å²) in [5.74, 6) is -0.864. The number of nitrogens with zero attached hydrogens (tertiary/aromatic N) is 2. The van der Waals surface area contributed by atoms with Crippen LogP contribution in [0.4, 0.5) is 5.69 Å². The fourth-order valence-electron chi connectivity index (χ4n) is 3.68. The molecule has 140 valence electrons. The van der Waals surface area contributed by atoms with Crippen LogP contribution in [0, 0.1) is 6.92 Å². The van der Waals surface area contributed by atoms with E-state index in [0.717, 1.165) is 32.4 Å². The molecule has 1 aliphatic carbocycles. The van der Waals surface area contributed by atoms with Gasteiger partial charge in [-0.1, -0.05) is 23.8 Å². The lowest BCUT2D eigenvalue weighted by Gasteiger charge is -2.35. The molecular weight excluding hydrogens is 326 g/mol. The Morgan fingerprint density at radius 3 is 2.62 bits per heavy atom. The molecule has 0 atom stereocenters. The van der Waals surface area contributed by atoms with Crippen molar-refractivity contribution in [3.05, 3.63) is 41.5 Å². The van der Waals surface area contributed by atoms with E-state index in [4.69, 9.17) is 0 Å². The summed E-state index contributed by atoms with van der Waals surface area (Å²) in [5.41, 5.74) is 3.83. The summed E-state index contributed by atoms with van der Waals surface area (Å²) in [7, 11) is 0. The van der Waals surface area contributed by atoms with Gasteiger partial charge in [0.2, 0.25) is 0 Å². The molecule has 26 heavy (non-hydrogen) atoms. The third-order valence-corrected chi connectivity index (χ3v) is 5.24. The molecule has 0 unspecified atom stereocenters. The number of piperazine rings is 1. The number of carbonyl (C=O) groups excluding carboxylic acids is 2. The van der Waals surface area contributed by atoms with Gasteiger partial charge in [-0.15, -0.1) is 0 Å². The first-order valence-corrected chi connectivity index (χ1v) is 9.70. The molecule has 1 aromatic carbocycles. The van der Waals surface area contributed by atoms with Crippen molar-refractivity contribution in [2.75, 3.05) is 37.6 Å². The lowest BCUT2D eigenvalue weighted by molar-refractivity contribution is -0.146. The quantitative estimate of drug-likeness (QED) is 0.667. The van der Waals surface area contributed by atoms with Gasteiger partial charge in [0.05, 0.1) is 0 Å². The number of rotatable bonds is 4. The summed E-state index contributed by atoms with van der Waals surface area (Å²) in [4.78, 5) is 28.4. The molecule has 0 spiro atoms. The zero-order valence-electron chi connectivity index (χ0n) is 15.7. The molecule has 0 aromatic heterocycles. The lowest BCUT2D eigenvalue weighted by atomic mass is 9.97. The van der Waals surface area contributed by atoms with Crippen LogP contribution in [-0.4, -0.2) is 49.4 Å². The molecule has 5 nitrogen and oxygen atoms in total. The van der Waals surface area contributed by atoms with Crippen LogP contribution in [0.1, 0.15) is 37.7 Å². The van der Waals surface area contributed by atoms with Crippen molar-refractivity contribution in [3.8, 4) is 0 Å². The number of benzene rings is 1. The Hall–Kier alpha value is -2.30. The molecule has 1 aliphatic heterocycles. The predicted molar refractivity (Wildman–Crippen MR) is 104 cm³/mol. The highest BCUT2D eigenvalue weighted by atomic mass is 16.2. The maximum Gasteiger partial charge on any atom is 0.312 e. The van der Waals surface area contributed by atoms with Gasteiger partial charge in [-0.2, -0.15) is 0 Å². The highest BCUT2D eigenvalue weighted by Crippen LogP contribution is 2.19. The highest BCUT2D eigenvalue weighted by molar-refractivity contribution is 6.35. The summed E-state index contributed by atoms with van der Waals surface area (Å²) >= 11 is 0. The van der Waals surface area contributed by atoms with Gasteiger partial charge in [0.25, 0.3) is 0 Å². The van der Waals surface area contributed by atoms with Crippen LogP contribution >= 0.6 is 0 Å². The summed E-state index contributed by atoms with van der Waals surface area (Å²) < 4.78 is 0. The SMILES string of the molecule is Cc1cccc(N2CCN(C(=O)C(=O)NCCC3=CCCCC3)CC2)c1. The smallest absolute Gasteiger partial charge is 0.312 e. The topological polar surface area (TPSA) is 52.7 Å². The second-order valence-corrected chi connectivity index (χ2v) is 7.23. The van der Waals surface area contributed by atoms with Crippen LogP contribution in [-0.2, 0) is 9.59 Å². The molecule has 2 aliphatic rings. The van der Waals surface area contributed by atoms with E-state index in [9.17, 15) is 9.59 Å². The number of aryl methyl sites for hydroxylation is 1. The maximum atomic E-state index is 12.4. The average molecular weight is 355 g/mol. The van der Waals surface area contributed by atoms with E-state index in [1.54, 1.807) is 4.90 Å². The van der Waals surface area contributed by atoms with E-state index in [1.165, 1.54) is 29.7 Å². The number of nitrogens with one attached hydrogen (secondary N) is 1. The van der Waals surface area contributed by atoms with E-state index < -0.39 is 11.8 Å². The van der Waals surface area contributed by atoms with E-state index in [1.807, 2.05) is 0 Å². The van der Waals surface area contributed by atoms with Crippen LogP contribution in [0.25, 0.3) is 0 Å². The minimum Gasteiger partial charge on any atom is -0.368 e. The van der Waals surface area contributed by atoms with Crippen LogP contribution in [0.3, 0.4) is 0 Å². The molecule has 0 bridgehead atoms. The van der Waals surface area contributed by atoms with Gasteiger partial charge in [-0.25, -0.2) is 0 Å². The molecule has 1 saturated heterocycles. The molecular formula is C21H29N3O2. The minimum atomic E-state index is -0.467. The second-order valence-electron chi connectivity index (χ2n) is 7.23. The zero-order valence-corrected chi connectivity index (χ0v) is 15.7. The first kappa shape index (κ1) is 18.5. The first-order chi connectivity index (χ1) is 12.6. The fraction of sp³-hybridized carbons (Fsp3) is 0.524. The van der Waals surface area contributed by atoms with Crippen molar-refractivity contribution in [3.63, 3.8) is 0 Å². The van der Waals surface area contributed by atoms with Gasteiger partial charge in [0.1, 0.15) is 0 Å². The number of anilines is 1. The molecule has 1 aromatic rings. The average Bonchev–Trinajstić information content (AvgIpc) is 2.68. The lowest BCUT2D eigenvalue weighted by Crippen LogP contribution is -2.52. The third kappa shape index (κ3) is 4.87. The Morgan fingerprint density at radius 2 is 1.92 bits per heavy atom. The predicted octanol–water partition coefficient (Wildman–Crippen LogP) is 2.65. The molecule has 1 N–H and O–H groups in total. The standard InChI is InChI=1S/C21H29N3O2/c1-17-6-5-9-19(16-17)23-12-14-24(15-13-23)21(26)20(25)22-11-10-18-7-3-2-4-8-18/h5-7,9,16H,2-4,8,10-15H2,1H3,(H,22,25). The van der Waals surface area contributed by atoms with E-state index >= 15 is 0 Å². The normalized spacial score (nSPS) is 17.7. The minimum absolute atomic E-state index is 0.397. The number of allylic oxidation sites excluding steroid dienone is 1. The van der Waals surface area contributed by atoms with Gasteiger partial charge in [-0.05, 0) is 56.7 Å². The molecule has 1 fully saturated rings. The van der Waals surface area contributed by atoms with Crippen molar-refractivity contribution in [2.45, 2.75) is 39.0 Å². The van der Waals surface area contributed by atoms with E-state index in [2.05, 4.69) is 47.5 Å². The Bertz CT molecular complexity index is 676. The zero-order chi connectivity index (χ0) is 18.4. The van der Waals surface area contributed by atoms with Crippen LogP contribution in [0.2, 0.25) is 0 Å². The maximum absolute atomic E-state index is 12.4. The largest absolute Gasteiger partial charge is 0.368 e. The van der Waals surface area contributed by atoms with Crippen LogP contribution in [0.15, 0.2) is 35.9 Å². The Morgan fingerprint density at radius 1 is 1.12 bits per heavy atom. The van der Waals surface area contributed by atoms with Crippen molar-refractivity contribution < 1.29 is 9.59 Å². The Labute approximate surface area is 156 Å². The van der Waals surface area contributed by atoms with E-state index in [-0.39, 0.29) is 0 Å². The Balaban J connectivity index is 1.42. The third-order valence-electron chi connectivity index (χ3n) is 5.24. The summed E-state index contributed by atoms with van der Waals surface area (Å²) in [5, 5.41) is 2.79. The number of hydrogen-bond donors (Lipinski definition) is 1. The molecule has 1 heterocycles. The first-order valence-electron chi connectivity index (χ1n) is 9.70.